The number of hydrogen-bond acceptors (Lipinski definition) is 5. The molecule has 3 rings (SSSR count). The molecule has 2 aromatic rings. The van der Waals surface area contributed by atoms with Crippen molar-refractivity contribution in [2.75, 3.05) is 19.7 Å². The molecule has 1 N–H and O–H groups in total. The molecule has 0 atom stereocenters. The first-order chi connectivity index (χ1) is 16.3. The zero-order valence-electron chi connectivity index (χ0n) is 18.9. The highest BCUT2D eigenvalue weighted by Crippen LogP contribution is 2.36. The van der Waals surface area contributed by atoms with Crippen molar-refractivity contribution in [2.45, 2.75) is 44.8 Å². The van der Waals surface area contributed by atoms with E-state index in [1.54, 1.807) is 0 Å². The fourth-order valence-electron chi connectivity index (χ4n) is 3.50. The van der Waals surface area contributed by atoms with Gasteiger partial charge in [-0.2, -0.15) is 0 Å². The molecular weight excluding hydrogens is 468 g/mol. The van der Waals surface area contributed by atoms with Crippen molar-refractivity contribution in [3.8, 4) is 0 Å². The molecule has 0 spiro atoms. The summed E-state index contributed by atoms with van der Waals surface area (Å²) < 4.78 is 36.2. The molecule has 1 saturated carbocycles. The lowest BCUT2D eigenvalue weighted by Crippen LogP contribution is -2.39. The van der Waals surface area contributed by atoms with Crippen molar-refractivity contribution in [3.05, 3.63) is 71.8 Å². The highest BCUT2D eigenvalue weighted by atomic mass is 35.5. The molecule has 2 aromatic carbocycles. The topological polar surface area (TPSA) is 76.1 Å². The number of carbonyl (C=O) groups is 2. The number of carbonyl (C=O) groups excluding carboxylic acids is 2. The summed E-state index contributed by atoms with van der Waals surface area (Å²) in [5, 5.41) is 9.11. The van der Waals surface area contributed by atoms with Gasteiger partial charge in [0.15, 0.2) is 0 Å². The summed E-state index contributed by atoms with van der Waals surface area (Å²) in [6, 6.07) is 18.7. The standard InChI is InChI=1S/C17H23F2NO3.C8H7ClO2/c18-17(19)8-6-14(7-9-17)12-20(10-11-21)16(22)23-13-15-4-2-1-3-5-15;9-8(10)11-6-7-4-2-1-3-5-7/h1-5,14,21H,6-13H2;1-5H,6H2. The van der Waals surface area contributed by atoms with Gasteiger partial charge >= 0.3 is 11.5 Å². The summed E-state index contributed by atoms with van der Waals surface area (Å²) >= 11 is 4.97. The van der Waals surface area contributed by atoms with Crippen molar-refractivity contribution in [2.24, 2.45) is 5.92 Å². The van der Waals surface area contributed by atoms with Gasteiger partial charge in [0, 0.05) is 37.5 Å². The second-order valence-corrected chi connectivity index (χ2v) is 8.33. The molecule has 1 aliphatic rings. The van der Waals surface area contributed by atoms with Crippen LogP contribution in [0.5, 0.6) is 0 Å². The van der Waals surface area contributed by atoms with Crippen LogP contribution < -0.4 is 0 Å². The van der Waals surface area contributed by atoms with E-state index in [0.717, 1.165) is 11.1 Å². The van der Waals surface area contributed by atoms with Gasteiger partial charge in [-0.1, -0.05) is 60.7 Å². The number of nitrogens with zero attached hydrogens (tertiary/aromatic N) is 1. The highest BCUT2D eigenvalue weighted by molar-refractivity contribution is 6.61. The van der Waals surface area contributed by atoms with E-state index < -0.39 is 17.4 Å². The Balaban J connectivity index is 0.000000310. The van der Waals surface area contributed by atoms with E-state index in [9.17, 15) is 18.4 Å². The summed E-state index contributed by atoms with van der Waals surface area (Å²) in [5.41, 5.74) is 1.04. The summed E-state index contributed by atoms with van der Waals surface area (Å²) in [6.45, 7) is 0.724. The van der Waals surface area contributed by atoms with Crippen molar-refractivity contribution in [1.82, 2.24) is 4.90 Å². The van der Waals surface area contributed by atoms with Crippen LogP contribution in [0.4, 0.5) is 18.4 Å². The molecule has 0 heterocycles. The molecular formula is C25H30ClF2NO5. The molecule has 1 aliphatic carbocycles. The molecule has 0 radical (unpaired) electrons. The maximum atomic E-state index is 13.2. The molecule has 6 nitrogen and oxygen atoms in total. The van der Waals surface area contributed by atoms with E-state index in [1.807, 2.05) is 60.7 Å². The third kappa shape index (κ3) is 10.9. The Morgan fingerprint density at radius 3 is 1.91 bits per heavy atom. The second-order valence-electron chi connectivity index (χ2n) is 8.02. The van der Waals surface area contributed by atoms with E-state index in [0.29, 0.717) is 19.4 Å². The predicted octanol–water partition coefficient (Wildman–Crippen LogP) is 6.01. The number of alkyl halides is 2. The van der Waals surface area contributed by atoms with Gasteiger partial charge in [0.1, 0.15) is 13.2 Å². The van der Waals surface area contributed by atoms with Gasteiger partial charge in [0.05, 0.1) is 6.61 Å². The van der Waals surface area contributed by atoms with Gasteiger partial charge in [-0.25, -0.2) is 18.4 Å². The Morgan fingerprint density at radius 1 is 0.941 bits per heavy atom. The van der Waals surface area contributed by atoms with Crippen molar-refractivity contribution < 1.29 is 33.0 Å². The molecule has 9 heteroatoms. The van der Waals surface area contributed by atoms with Gasteiger partial charge in [-0.3, -0.25) is 0 Å². The van der Waals surface area contributed by atoms with E-state index >= 15 is 0 Å². The highest BCUT2D eigenvalue weighted by Gasteiger charge is 2.35. The lowest BCUT2D eigenvalue weighted by atomic mass is 9.86. The monoisotopic (exact) mass is 497 g/mol. The number of aliphatic hydroxyl groups excluding tert-OH is 1. The zero-order chi connectivity index (χ0) is 24.8. The Kier molecular flexibility index (Phi) is 11.8. The Bertz CT molecular complexity index is 860. The van der Waals surface area contributed by atoms with Gasteiger partial charge in [0.2, 0.25) is 5.92 Å². The summed E-state index contributed by atoms with van der Waals surface area (Å²) in [6.07, 6.45) is -0.00457. The van der Waals surface area contributed by atoms with Crippen LogP contribution in [0.25, 0.3) is 0 Å². The minimum Gasteiger partial charge on any atom is -0.449 e. The number of amides is 1. The first-order valence-corrected chi connectivity index (χ1v) is 11.5. The predicted molar refractivity (Wildman–Crippen MR) is 125 cm³/mol. The van der Waals surface area contributed by atoms with Crippen LogP contribution in [0.1, 0.15) is 36.8 Å². The molecule has 0 aromatic heterocycles. The molecule has 1 amide bonds. The molecule has 0 unspecified atom stereocenters. The van der Waals surface area contributed by atoms with Crippen LogP contribution in [0.15, 0.2) is 60.7 Å². The maximum Gasteiger partial charge on any atom is 0.410 e. The fourth-order valence-corrected chi connectivity index (χ4v) is 3.55. The number of aliphatic hydroxyl groups is 1. The number of hydrogen-bond donors (Lipinski definition) is 1. The van der Waals surface area contributed by atoms with Crippen molar-refractivity contribution in [3.63, 3.8) is 0 Å². The number of benzene rings is 2. The number of halogens is 3. The summed E-state index contributed by atoms with van der Waals surface area (Å²) in [4.78, 5) is 23.7. The SMILES string of the molecule is O=C(Cl)OCc1ccccc1.O=C(OCc1ccccc1)N(CCO)CC1CCC(F)(F)CC1. The summed E-state index contributed by atoms with van der Waals surface area (Å²) in [7, 11) is 0. The smallest absolute Gasteiger partial charge is 0.410 e. The third-order valence-electron chi connectivity index (χ3n) is 5.34. The minimum atomic E-state index is -2.58. The number of rotatable bonds is 8. The van der Waals surface area contributed by atoms with Crippen LogP contribution in [-0.2, 0) is 22.7 Å². The van der Waals surface area contributed by atoms with E-state index in [1.165, 1.54) is 4.90 Å². The minimum absolute atomic E-state index is 0.0328. The molecule has 0 aliphatic heterocycles. The van der Waals surface area contributed by atoms with Crippen LogP contribution in [0.2, 0.25) is 0 Å². The van der Waals surface area contributed by atoms with Gasteiger partial charge < -0.3 is 19.5 Å². The fraction of sp³-hybridized carbons (Fsp3) is 0.440. The average Bonchev–Trinajstić information content (AvgIpc) is 2.84. The Hall–Kier alpha value is -2.71. The van der Waals surface area contributed by atoms with Gasteiger partial charge in [-0.15, -0.1) is 0 Å². The maximum absolute atomic E-state index is 13.2. The van der Waals surface area contributed by atoms with E-state index in [2.05, 4.69) is 4.74 Å². The lowest BCUT2D eigenvalue weighted by Gasteiger charge is -2.32. The summed E-state index contributed by atoms with van der Waals surface area (Å²) in [5.74, 6) is -2.54. The Labute approximate surface area is 203 Å². The van der Waals surface area contributed by atoms with Gasteiger partial charge in [-0.05, 0) is 29.9 Å². The first-order valence-electron chi connectivity index (χ1n) is 11.1. The van der Waals surface area contributed by atoms with Crippen LogP contribution in [0, 0.1) is 5.92 Å². The molecule has 34 heavy (non-hydrogen) atoms. The molecule has 0 saturated heterocycles. The van der Waals surface area contributed by atoms with E-state index in [4.69, 9.17) is 21.4 Å². The molecule has 0 bridgehead atoms. The largest absolute Gasteiger partial charge is 0.449 e. The average molecular weight is 498 g/mol. The third-order valence-corrected chi connectivity index (χ3v) is 5.45. The molecule has 1 fully saturated rings. The normalized spacial score (nSPS) is 14.9. The zero-order valence-corrected chi connectivity index (χ0v) is 19.6. The Morgan fingerprint density at radius 2 is 1.44 bits per heavy atom. The molecule has 186 valence electrons. The first kappa shape index (κ1) is 27.5. The second kappa shape index (κ2) is 14.5. The lowest BCUT2D eigenvalue weighted by molar-refractivity contribution is -0.0488. The van der Waals surface area contributed by atoms with Gasteiger partial charge in [0.25, 0.3) is 0 Å². The van der Waals surface area contributed by atoms with E-state index in [-0.39, 0.29) is 45.1 Å². The van der Waals surface area contributed by atoms with Crippen molar-refractivity contribution in [1.29, 1.82) is 0 Å². The van der Waals surface area contributed by atoms with Crippen LogP contribution in [-0.4, -0.2) is 47.1 Å². The quantitative estimate of drug-likeness (QED) is 0.452. The van der Waals surface area contributed by atoms with Crippen LogP contribution >= 0.6 is 11.6 Å². The van der Waals surface area contributed by atoms with Crippen molar-refractivity contribution >= 4 is 23.1 Å². The number of ether oxygens (including phenoxy) is 2. The van der Waals surface area contributed by atoms with Crippen LogP contribution in [0.3, 0.4) is 0 Å².